The zero-order valence-corrected chi connectivity index (χ0v) is 27.7. The lowest BCUT2D eigenvalue weighted by Gasteiger charge is -2.21. The van der Waals surface area contributed by atoms with E-state index in [4.69, 9.17) is 19.4 Å². The average molecular weight is 642 g/mol. The van der Waals surface area contributed by atoms with Gasteiger partial charge in [-0.15, -0.1) is 0 Å². The summed E-state index contributed by atoms with van der Waals surface area (Å²) in [7, 11) is 0. The Labute approximate surface area is 289 Å². The first-order valence-electron chi connectivity index (χ1n) is 17.0. The van der Waals surface area contributed by atoms with Crippen molar-refractivity contribution < 1.29 is 4.42 Å². The van der Waals surface area contributed by atoms with Crippen LogP contribution in [0.25, 0.3) is 89.1 Å². The van der Waals surface area contributed by atoms with Crippen LogP contribution in [0.5, 0.6) is 0 Å². The summed E-state index contributed by atoms with van der Waals surface area (Å²) in [6.07, 6.45) is 0. The third kappa shape index (κ3) is 4.42. The first kappa shape index (κ1) is 28.6. The molecule has 1 aliphatic carbocycles. The largest absolute Gasteiger partial charge is 0.456 e. The van der Waals surface area contributed by atoms with Gasteiger partial charge in [-0.2, -0.15) is 0 Å². The van der Waals surface area contributed by atoms with Crippen LogP contribution in [-0.2, 0) is 5.41 Å². The SMILES string of the molecule is CC1(C)c2ccccc2-c2ccc(-c3nc(-c4ccc5ccccc5c4)nc(-c4cc(-c5ccccc5)c5c(c4)oc4ccccc45)n3)cc21. The van der Waals surface area contributed by atoms with E-state index in [9.17, 15) is 0 Å². The zero-order valence-electron chi connectivity index (χ0n) is 27.7. The molecule has 0 saturated carbocycles. The third-order valence-corrected chi connectivity index (χ3v) is 10.3. The lowest BCUT2D eigenvalue weighted by molar-refractivity contribution is 0.660. The van der Waals surface area contributed by atoms with Crippen LogP contribution in [-0.4, -0.2) is 15.0 Å². The van der Waals surface area contributed by atoms with Crippen LogP contribution in [0.1, 0.15) is 25.0 Å². The molecule has 2 aromatic heterocycles. The Bertz CT molecular complexity index is 2790. The Morgan fingerprint density at radius 3 is 1.90 bits per heavy atom. The molecule has 0 radical (unpaired) electrons. The molecule has 236 valence electrons. The second-order valence-corrected chi connectivity index (χ2v) is 13.7. The van der Waals surface area contributed by atoms with Crippen LogP contribution in [0.3, 0.4) is 0 Å². The summed E-state index contributed by atoms with van der Waals surface area (Å²) >= 11 is 0. The van der Waals surface area contributed by atoms with E-state index >= 15 is 0 Å². The lowest BCUT2D eigenvalue weighted by atomic mass is 9.82. The number of fused-ring (bicyclic) bond motifs is 7. The Kier molecular flexibility index (Phi) is 6.19. The summed E-state index contributed by atoms with van der Waals surface area (Å²) in [6, 6.07) is 53.1. The van der Waals surface area contributed by atoms with Crippen molar-refractivity contribution in [2.45, 2.75) is 19.3 Å². The fourth-order valence-electron chi connectivity index (χ4n) is 7.76. The molecule has 0 amide bonds. The van der Waals surface area contributed by atoms with Crippen molar-refractivity contribution in [3.8, 4) is 56.4 Å². The number of furan rings is 1. The van der Waals surface area contributed by atoms with Crippen molar-refractivity contribution in [1.82, 2.24) is 15.0 Å². The third-order valence-electron chi connectivity index (χ3n) is 10.3. The van der Waals surface area contributed by atoms with Crippen LogP contribution >= 0.6 is 0 Å². The summed E-state index contributed by atoms with van der Waals surface area (Å²) < 4.78 is 6.49. The number of rotatable bonds is 4. The van der Waals surface area contributed by atoms with E-state index in [0.717, 1.165) is 55.1 Å². The van der Waals surface area contributed by atoms with Crippen LogP contribution < -0.4 is 0 Å². The van der Waals surface area contributed by atoms with Crippen LogP contribution in [0, 0.1) is 0 Å². The molecule has 0 unspecified atom stereocenters. The van der Waals surface area contributed by atoms with Gasteiger partial charge in [0.1, 0.15) is 11.2 Å². The predicted octanol–water partition coefficient (Wildman–Crippen LogP) is 11.9. The van der Waals surface area contributed by atoms with E-state index in [2.05, 4.69) is 147 Å². The summed E-state index contributed by atoms with van der Waals surface area (Å²) in [6.45, 7) is 4.60. The van der Waals surface area contributed by atoms with Gasteiger partial charge in [0.15, 0.2) is 17.5 Å². The number of para-hydroxylation sites is 1. The molecule has 0 spiro atoms. The molecule has 0 aliphatic heterocycles. The van der Waals surface area contributed by atoms with Crippen molar-refractivity contribution in [2.24, 2.45) is 0 Å². The van der Waals surface area contributed by atoms with Gasteiger partial charge in [-0.3, -0.25) is 0 Å². The number of benzene rings is 7. The topological polar surface area (TPSA) is 51.8 Å². The molecule has 0 N–H and O–H groups in total. The Morgan fingerprint density at radius 1 is 0.420 bits per heavy atom. The Hall–Kier alpha value is -6.39. The number of aromatic nitrogens is 3. The van der Waals surface area contributed by atoms with E-state index in [0.29, 0.717) is 17.5 Å². The van der Waals surface area contributed by atoms with Crippen molar-refractivity contribution in [1.29, 1.82) is 0 Å². The van der Waals surface area contributed by atoms with Crippen LogP contribution in [0.15, 0.2) is 156 Å². The van der Waals surface area contributed by atoms with Crippen LogP contribution in [0.4, 0.5) is 0 Å². The maximum absolute atomic E-state index is 6.49. The first-order chi connectivity index (χ1) is 24.5. The standard InChI is InChI=1S/C46H31N3O/c1-46(2)38-18-10-8-16-34(38)35-23-22-32(26-39(35)46)44-47-43(31-21-20-28-12-6-7-15-30(28)24-31)48-45(49-44)33-25-37(29-13-4-3-5-14-29)42-36-17-9-11-19-40(36)50-41(42)27-33/h3-27H,1-2H3. The highest BCUT2D eigenvalue weighted by molar-refractivity contribution is 6.13. The molecule has 0 fully saturated rings. The van der Waals surface area contributed by atoms with Crippen molar-refractivity contribution in [3.05, 3.63) is 163 Å². The predicted molar refractivity (Wildman–Crippen MR) is 204 cm³/mol. The fourth-order valence-corrected chi connectivity index (χ4v) is 7.76. The lowest BCUT2D eigenvalue weighted by Crippen LogP contribution is -2.15. The molecule has 9 aromatic rings. The van der Waals surface area contributed by atoms with Gasteiger partial charge in [0.25, 0.3) is 0 Å². The highest BCUT2D eigenvalue weighted by Gasteiger charge is 2.35. The normalized spacial score (nSPS) is 13.2. The van der Waals surface area contributed by atoms with E-state index < -0.39 is 0 Å². The molecule has 0 atom stereocenters. The zero-order chi connectivity index (χ0) is 33.4. The smallest absolute Gasteiger partial charge is 0.164 e. The average Bonchev–Trinajstić information content (AvgIpc) is 3.66. The summed E-state index contributed by atoms with van der Waals surface area (Å²) in [5.74, 6) is 1.86. The van der Waals surface area contributed by atoms with Crippen molar-refractivity contribution >= 4 is 32.7 Å². The molecule has 4 nitrogen and oxygen atoms in total. The molecule has 2 heterocycles. The van der Waals surface area contributed by atoms with Gasteiger partial charge < -0.3 is 4.42 Å². The molecule has 0 saturated heterocycles. The highest BCUT2D eigenvalue weighted by atomic mass is 16.3. The van der Waals surface area contributed by atoms with Gasteiger partial charge >= 0.3 is 0 Å². The van der Waals surface area contributed by atoms with Gasteiger partial charge in [0.2, 0.25) is 0 Å². The fraction of sp³-hybridized carbons (Fsp3) is 0.0652. The van der Waals surface area contributed by atoms with E-state index in [1.165, 1.54) is 27.6 Å². The van der Waals surface area contributed by atoms with Gasteiger partial charge in [0.05, 0.1) is 0 Å². The quantitative estimate of drug-likeness (QED) is 0.192. The molecule has 1 aliphatic rings. The molecule has 7 aromatic carbocycles. The minimum Gasteiger partial charge on any atom is -0.456 e. The van der Waals surface area contributed by atoms with Crippen LogP contribution in [0.2, 0.25) is 0 Å². The monoisotopic (exact) mass is 641 g/mol. The molecule has 10 rings (SSSR count). The van der Waals surface area contributed by atoms with E-state index in [1.807, 2.05) is 18.2 Å². The maximum atomic E-state index is 6.49. The Balaban J connectivity index is 1.22. The minimum atomic E-state index is -0.143. The Morgan fingerprint density at radius 2 is 1.06 bits per heavy atom. The van der Waals surface area contributed by atoms with Gasteiger partial charge in [0, 0.05) is 32.9 Å². The molecule has 0 bridgehead atoms. The first-order valence-corrected chi connectivity index (χ1v) is 17.0. The van der Waals surface area contributed by atoms with E-state index in [-0.39, 0.29) is 5.41 Å². The number of hydrogen-bond donors (Lipinski definition) is 0. The minimum absolute atomic E-state index is 0.143. The summed E-state index contributed by atoms with van der Waals surface area (Å²) in [5, 5.41) is 4.48. The molecule has 4 heteroatoms. The summed E-state index contributed by atoms with van der Waals surface area (Å²) in [4.78, 5) is 15.5. The molecular weight excluding hydrogens is 611 g/mol. The van der Waals surface area contributed by atoms with Gasteiger partial charge in [-0.25, -0.2) is 15.0 Å². The highest BCUT2D eigenvalue weighted by Crippen LogP contribution is 2.49. The molecular formula is C46H31N3O. The van der Waals surface area contributed by atoms with Gasteiger partial charge in [-0.1, -0.05) is 135 Å². The second-order valence-electron chi connectivity index (χ2n) is 13.7. The van der Waals surface area contributed by atoms with Crippen molar-refractivity contribution in [3.63, 3.8) is 0 Å². The summed E-state index contributed by atoms with van der Waals surface area (Å²) in [5.41, 5.74) is 11.6. The van der Waals surface area contributed by atoms with Gasteiger partial charge in [-0.05, 0) is 74.5 Å². The molecule has 50 heavy (non-hydrogen) atoms. The second kappa shape index (κ2) is 10.8. The maximum Gasteiger partial charge on any atom is 0.164 e. The number of nitrogens with zero attached hydrogens (tertiary/aromatic N) is 3. The van der Waals surface area contributed by atoms with Crippen molar-refractivity contribution in [2.75, 3.05) is 0 Å². The number of hydrogen-bond acceptors (Lipinski definition) is 4. The van der Waals surface area contributed by atoms with E-state index in [1.54, 1.807) is 0 Å².